The molecule has 1 aromatic carbocycles. The van der Waals surface area contributed by atoms with Gasteiger partial charge in [-0.15, -0.1) is 11.3 Å². The van der Waals surface area contributed by atoms with Crippen LogP contribution >= 0.6 is 22.7 Å². The zero-order valence-corrected chi connectivity index (χ0v) is 16.8. The summed E-state index contributed by atoms with van der Waals surface area (Å²) >= 11 is 2.03. The quantitative estimate of drug-likeness (QED) is 0.665. The van der Waals surface area contributed by atoms with Crippen LogP contribution in [0.5, 0.6) is 0 Å². The fourth-order valence-corrected chi connectivity index (χ4v) is 6.86. The monoisotopic (exact) mass is 443 g/mol. The summed E-state index contributed by atoms with van der Waals surface area (Å²) in [5.41, 5.74) is -0.0339. The Labute approximate surface area is 167 Å². The number of thiazole rings is 1. The van der Waals surface area contributed by atoms with E-state index in [1.165, 1.54) is 10.4 Å². The number of nitrogens with zero attached hydrogens (tertiary/aromatic N) is 2. The van der Waals surface area contributed by atoms with Crippen LogP contribution in [0.1, 0.15) is 19.3 Å². The van der Waals surface area contributed by atoms with Crippen molar-refractivity contribution >= 4 is 54.0 Å². The van der Waals surface area contributed by atoms with Crippen molar-refractivity contribution in [1.29, 1.82) is 0 Å². The second kappa shape index (κ2) is 7.47. The van der Waals surface area contributed by atoms with E-state index in [2.05, 4.69) is 10.3 Å². The standard InChI is InChI=1S/C17H15F2N3O3S3/c18-10-8-11(19)15-13(9-10)27-17(20-15)21-16(23)12-4-1-2-6-22(12)28(24,25)14-5-3-7-26-14/h3,5,7-9,12H,1-2,4,6H2,(H,20,21,23)/t12-/m1/s1. The Bertz CT molecular complexity index is 1130. The third-order valence-corrected chi connectivity index (χ3v) is 8.66. The van der Waals surface area contributed by atoms with Gasteiger partial charge in [-0.05, 0) is 30.4 Å². The summed E-state index contributed by atoms with van der Waals surface area (Å²) in [5.74, 6) is -2.07. The topological polar surface area (TPSA) is 79.4 Å². The number of hydrogen-bond donors (Lipinski definition) is 1. The van der Waals surface area contributed by atoms with Crippen molar-refractivity contribution in [3.63, 3.8) is 0 Å². The van der Waals surface area contributed by atoms with E-state index in [0.717, 1.165) is 34.8 Å². The van der Waals surface area contributed by atoms with Crippen LogP contribution in [0, 0.1) is 11.6 Å². The minimum atomic E-state index is -3.78. The van der Waals surface area contributed by atoms with Crippen LogP contribution in [0.25, 0.3) is 10.2 Å². The Morgan fingerprint density at radius 2 is 2.11 bits per heavy atom. The number of fused-ring (bicyclic) bond motifs is 1. The number of carbonyl (C=O) groups is 1. The van der Waals surface area contributed by atoms with Crippen LogP contribution in [0.2, 0.25) is 0 Å². The van der Waals surface area contributed by atoms with E-state index in [1.807, 2.05) is 0 Å². The maximum absolute atomic E-state index is 13.8. The summed E-state index contributed by atoms with van der Waals surface area (Å²) in [7, 11) is -3.78. The first-order valence-corrected chi connectivity index (χ1v) is 11.6. The molecule has 3 heterocycles. The highest BCUT2D eigenvalue weighted by Crippen LogP contribution is 2.31. The lowest BCUT2D eigenvalue weighted by Gasteiger charge is -2.32. The van der Waals surface area contributed by atoms with Gasteiger partial charge in [-0.2, -0.15) is 4.31 Å². The number of rotatable bonds is 4. The van der Waals surface area contributed by atoms with E-state index in [9.17, 15) is 22.0 Å². The van der Waals surface area contributed by atoms with Crippen molar-refractivity contribution in [1.82, 2.24) is 9.29 Å². The molecule has 148 valence electrons. The van der Waals surface area contributed by atoms with E-state index < -0.39 is 33.6 Å². The third kappa shape index (κ3) is 3.54. The predicted octanol–water partition coefficient (Wildman–Crippen LogP) is 3.82. The maximum Gasteiger partial charge on any atom is 0.253 e. The Morgan fingerprint density at radius 3 is 2.86 bits per heavy atom. The first kappa shape index (κ1) is 19.4. The number of carbonyl (C=O) groups excluding carboxylic acids is 1. The second-order valence-corrected chi connectivity index (χ2v) is 10.4. The molecule has 0 radical (unpaired) electrons. The maximum atomic E-state index is 13.8. The summed E-state index contributed by atoms with van der Waals surface area (Å²) < 4.78 is 54.6. The van der Waals surface area contributed by atoms with Crippen molar-refractivity contribution in [2.75, 3.05) is 11.9 Å². The largest absolute Gasteiger partial charge is 0.301 e. The van der Waals surface area contributed by atoms with E-state index in [1.54, 1.807) is 11.4 Å². The second-order valence-electron chi connectivity index (χ2n) is 6.30. The van der Waals surface area contributed by atoms with Crippen molar-refractivity contribution in [2.24, 2.45) is 0 Å². The summed E-state index contributed by atoms with van der Waals surface area (Å²) in [6.45, 7) is 0.248. The number of sulfonamides is 1. The molecule has 11 heteroatoms. The van der Waals surface area contributed by atoms with Gasteiger partial charge in [0.25, 0.3) is 10.0 Å². The molecule has 1 N–H and O–H groups in total. The zero-order chi connectivity index (χ0) is 19.9. The predicted molar refractivity (Wildman–Crippen MR) is 104 cm³/mol. The number of benzene rings is 1. The highest BCUT2D eigenvalue weighted by Gasteiger charge is 2.38. The Hall–Kier alpha value is -1.95. The van der Waals surface area contributed by atoms with Crippen molar-refractivity contribution in [3.8, 4) is 0 Å². The molecule has 1 atom stereocenters. The molecular weight excluding hydrogens is 428 g/mol. The first-order chi connectivity index (χ1) is 13.4. The van der Waals surface area contributed by atoms with E-state index in [-0.39, 0.29) is 26.1 Å². The molecule has 4 rings (SSSR count). The number of anilines is 1. The van der Waals surface area contributed by atoms with Crippen LogP contribution in [-0.2, 0) is 14.8 Å². The number of aromatic nitrogens is 1. The lowest BCUT2D eigenvalue weighted by Crippen LogP contribution is -2.49. The lowest BCUT2D eigenvalue weighted by molar-refractivity contribution is -0.120. The molecule has 0 saturated carbocycles. The summed E-state index contributed by atoms with van der Waals surface area (Å²) in [5, 5.41) is 4.34. The van der Waals surface area contributed by atoms with Gasteiger partial charge in [0.1, 0.15) is 21.6 Å². The van der Waals surface area contributed by atoms with Crippen LogP contribution < -0.4 is 5.32 Å². The number of nitrogens with one attached hydrogen (secondary N) is 1. The molecule has 1 saturated heterocycles. The van der Waals surface area contributed by atoms with Gasteiger partial charge in [0.15, 0.2) is 10.9 Å². The third-order valence-electron chi connectivity index (χ3n) is 4.46. The van der Waals surface area contributed by atoms with Gasteiger partial charge in [0, 0.05) is 12.6 Å². The van der Waals surface area contributed by atoms with Gasteiger partial charge >= 0.3 is 0 Å². The molecule has 0 bridgehead atoms. The number of piperidine rings is 1. The average Bonchev–Trinajstić information content (AvgIpc) is 3.32. The fourth-order valence-electron chi connectivity index (χ4n) is 3.18. The summed E-state index contributed by atoms with van der Waals surface area (Å²) in [4.78, 5) is 16.8. The molecular formula is C17H15F2N3O3S3. The van der Waals surface area contributed by atoms with Gasteiger partial charge in [-0.3, -0.25) is 4.79 Å². The fraction of sp³-hybridized carbons (Fsp3) is 0.294. The SMILES string of the molecule is O=C(Nc1nc2c(F)cc(F)cc2s1)[C@H]1CCCCN1S(=O)(=O)c1cccs1. The number of amides is 1. The zero-order valence-electron chi connectivity index (χ0n) is 14.4. The molecule has 3 aromatic rings. The molecule has 1 aliphatic heterocycles. The van der Waals surface area contributed by atoms with Gasteiger partial charge in [0.05, 0.1) is 4.70 Å². The van der Waals surface area contributed by atoms with Crippen molar-refractivity contribution < 1.29 is 22.0 Å². The normalized spacial score (nSPS) is 18.4. The van der Waals surface area contributed by atoms with E-state index >= 15 is 0 Å². The Balaban J connectivity index is 1.60. The lowest BCUT2D eigenvalue weighted by atomic mass is 10.0. The minimum Gasteiger partial charge on any atom is -0.301 e. The molecule has 0 spiro atoms. The Kier molecular flexibility index (Phi) is 5.17. The molecule has 1 fully saturated rings. The van der Waals surface area contributed by atoms with E-state index in [0.29, 0.717) is 19.3 Å². The van der Waals surface area contributed by atoms with Gasteiger partial charge < -0.3 is 5.32 Å². The van der Waals surface area contributed by atoms with Crippen LogP contribution in [0.15, 0.2) is 33.9 Å². The van der Waals surface area contributed by atoms with Crippen molar-refractivity contribution in [2.45, 2.75) is 29.5 Å². The highest BCUT2D eigenvalue weighted by molar-refractivity contribution is 7.91. The molecule has 1 amide bonds. The minimum absolute atomic E-state index is 0.0339. The van der Waals surface area contributed by atoms with Gasteiger partial charge in [0.2, 0.25) is 5.91 Å². The van der Waals surface area contributed by atoms with Gasteiger partial charge in [-0.1, -0.05) is 23.8 Å². The Morgan fingerprint density at radius 1 is 1.29 bits per heavy atom. The first-order valence-electron chi connectivity index (χ1n) is 8.48. The van der Waals surface area contributed by atoms with Gasteiger partial charge in [-0.25, -0.2) is 22.2 Å². The highest BCUT2D eigenvalue weighted by atomic mass is 32.2. The summed E-state index contributed by atoms with van der Waals surface area (Å²) in [6, 6.07) is 4.14. The molecule has 0 aliphatic carbocycles. The molecule has 28 heavy (non-hydrogen) atoms. The molecule has 2 aromatic heterocycles. The average molecular weight is 444 g/mol. The van der Waals surface area contributed by atoms with Crippen LogP contribution in [0.4, 0.5) is 13.9 Å². The molecule has 6 nitrogen and oxygen atoms in total. The molecule has 0 unspecified atom stereocenters. The number of hydrogen-bond acceptors (Lipinski definition) is 6. The van der Waals surface area contributed by atoms with E-state index in [4.69, 9.17) is 0 Å². The number of halogens is 2. The summed E-state index contributed by atoms with van der Waals surface area (Å²) in [6.07, 6.45) is 1.76. The van der Waals surface area contributed by atoms with Crippen LogP contribution in [-0.4, -0.2) is 36.2 Å². The smallest absolute Gasteiger partial charge is 0.253 e. The number of thiophene rings is 1. The van der Waals surface area contributed by atoms with Crippen LogP contribution in [0.3, 0.4) is 0 Å². The molecule has 1 aliphatic rings. The van der Waals surface area contributed by atoms with Crippen molar-refractivity contribution in [3.05, 3.63) is 41.3 Å².